The van der Waals surface area contributed by atoms with Gasteiger partial charge in [-0.25, -0.2) is 13.1 Å². The summed E-state index contributed by atoms with van der Waals surface area (Å²) in [6.45, 7) is -0.907. The third-order valence-corrected chi connectivity index (χ3v) is 5.10. The average molecular weight is 371 g/mol. The predicted octanol–water partition coefficient (Wildman–Crippen LogP) is 2.38. The molecule has 1 aliphatic rings. The molecule has 1 aromatic rings. The van der Waals surface area contributed by atoms with Crippen LogP contribution in [0.5, 0.6) is 5.75 Å². The Balaban J connectivity index is 0.00000264. The maximum absolute atomic E-state index is 12.3. The standard InChI is InChI=1S/C14H20F2N2O3S.ClH/c15-14(16)21-12-5-1-2-6-13(12)22(19,20)18-9-7-11-4-3-8-17-10-11;/h1-2,5-6,11,14,17-18H,3-4,7-10H2;1H. The maximum Gasteiger partial charge on any atom is 0.387 e. The normalized spacial score (nSPS) is 18.5. The van der Waals surface area contributed by atoms with Crippen LogP contribution in [0.15, 0.2) is 29.2 Å². The Morgan fingerprint density at radius 3 is 2.74 bits per heavy atom. The first kappa shape index (κ1) is 20.1. The van der Waals surface area contributed by atoms with Gasteiger partial charge in [-0.15, -0.1) is 12.4 Å². The summed E-state index contributed by atoms with van der Waals surface area (Å²) in [6.07, 6.45) is 2.87. The quantitative estimate of drug-likeness (QED) is 0.773. The Hall–Kier alpha value is -0.960. The van der Waals surface area contributed by atoms with E-state index in [9.17, 15) is 17.2 Å². The molecule has 1 heterocycles. The van der Waals surface area contributed by atoms with E-state index in [2.05, 4.69) is 14.8 Å². The summed E-state index contributed by atoms with van der Waals surface area (Å²) in [7, 11) is -3.87. The molecule has 0 aromatic heterocycles. The molecule has 0 aliphatic carbocycles. The van der Waals surface area contributed by atoms with Crippen molar-refractivity contribution < 1.29 is 21.9 Å². The van der Waals surface area contributed by atoms with E-state index in [0.717, 1.165) is 25.9 Å². The molecule has 132 valence electrons. The van der Waals surface area contributed by atoms with Crippen LogP contribution in [-0.2, 0) is 10.0 Å². The summed E-state index contributed by atoms with van der Waals surface area (Å²) in [5.41, 5.74) is 0. The zero-order chi connectivity index (χ0) is 16.0. The lowest BCUT2D eigenvalue weighted by atomic mass is 9.96. The molecule has 2 rings (SSSR count). The van der Waals surface area contributed by atoms with Gasteiger partial charge in [-0.05, 0) is 50.4 Å². The zero-order valence-electron chi connectivity index (χ0n) is 12.5. The van der Waals surface area contributed by atoms with Crippen molar-refractivity contribution in [2.45, 2.75) is 30.8 Å². The van der Waals surface area contributed by atoms with E-state index in [1.165, 1.54) is 24.3 Å². The fourth-order valence-corrected chi connectivity index (χ4v) is 3.69. The molecule has 1 fully saturated rings. The van der Waals surface area contributed by atoms with Crippen LogP contribution in [0.4, 0.5) is 8.78 Å². The van der Waals surface area contributed by atoms with Crippen molar-refractivity contribution in [1.29, 1.82) is 0 Å². The summed E-state index contributed by atoms with van der Waals surface area (Å²) in [5, 5.41) is 3.26. The Bertz CT molecular complexity index is 581. The van der Waals surface area contributed by atoms with Crippen LogP contribution in [-0.4, -0.2) is 34.7 Å². The number of benzene rings is 1. The number of halogens is 3. The van der Waals surface area contributed by atoms with Crippen LogP contribution in [0.3, 0.4) is 0 Å². The van der Waals surface area contributed by atoms with Crippen LogP contribution in [0, 0.1) is 5.92 Å². The second kappa shape index (κ2) is 9.36. The number of hydrogen-bond acceptors (Lipinski definition) is 4. The van der Waals surface area contributed by atoms with Gasteiger partial charge in [0.15, 0.2) is 0 Å². The fraction of sp³-hybridized carbons (Fsp3) is 0.571. The molecule has 0 spiro atoms. The van der Waals surface area contributed by atoms with Crippen LogP contribution in [0.1, 0.15) is 19.3 Å². The molecule has 9 heteroatoms. The molecule has 0 saturated carbocycles. The SMILES string of the molecule is Cl.O=S(=O)(NCCC1CCCNC1)c1ccccc1OC(F)F. The van der Waals surface area contributed by atoms with Gasteiger partial charge in [0.25, 0.3) is 0 Å². The van der Waals surface area contributed by atoms with E-state index in [0.29, 0.717) is 12.3 Å². The largest absolute Gasteiger partial charge is 0.433 e. The number of nitrogens with one attached hydrogen (secondary N) is 2. The summed E-state index contributed by atoms with van der Waals surface area (Å²) in [4.78, 5) is -0.267. The Kier molecular flexibility index (Phi) is 8.18. The Labute approximate surface area is 141 Å². The van der Waals surface area contributed by atoms with E-state index >= 15 is 0 Å². The number of ether oxygens (including phenoxy) is 1. The molecule has 0 radical (unpaired) electrons. The molecule has 5 nitrogen and oxygen atoms in total. The van der Waals surface area contributed by atoms with Crippen LogP contribution in [0.25, 0.3) is 0 Å². The van der Waals surface area contributed by atoms with Crippen molar-refractivity contribution in [3.63, 3.8) is 0 Å². The molecule has 0 amide bonds. The van der Waals surface area contributed by atoms with Gasteiger partial charge in [-0.2, -0.15) is 8.78 Å². The minimum Gasteiger partial charge on any atom is -0.433 e. The maximum atomic E-state index is 12.3. The smallest absolute Gasteiger partial charge is 0.387 e. The molecule has 1 atom stereocenters. The van der Waals surface area contributed by atoms with Gasteiger partial charge in [0.05, 0.1) is 0 Å². The van der Waals surface area contributed by atoms with Crippen LogP contribution < -0.4 is 14.8 Å². The Morgan fingerprint density at radius 2 is 2.09 bits per heavy atom. The summed E-state index contributed by atoms with van der Waals surface area (Å²) in [6, 6.07) is 5.39. The van der Waals surface area contributed by atoms with Crippen LogP contribution >= 0.6 is 12.4 Å². The highest BCUT2D eigenvalue weighted by atomic mass is 35.5. The molecule has 1 aliphatic heterocycles. The van der Waals surface area contributed by atoms with Gasteiger partial charge >= 0.3 is 6.61 Å². The van der Waals surface area contributed by atoms with Gasteiger partial charge in [-0.3, -0.25) is 0 Å². The molecular weight excluding hydrogens is 350 g/mol. The van der Waals surface area contributed by atoms with Crippen molar-refractivity contribution in [3.8, 4) is 5.75 Å². The van der Waals surface area contributed by atoms with Crippen molar-refractivity contribution >= 4 is 22.4 Å². The number of piperidine rings is 1. The topological polar surface area (TPSA) is 67.4 Å². The van der Waals surface area contributed by atoms with Gasteiger partial charge in [0.2, 0.25) is 10.0 Å². The minimum absolute atomic E-state index is 0. The molecule has 1 aromatic carbocycles. The van der Waals surface area contributed by atoms with Crippen molar-refractivity contribution in [3.05, 3.63) is 24.3 Å². The Morgan fingerprint density at radius 1 is 1.35 bits per heavy atom. The number of sulfonamides is 1. The highest BCUT2D eigenvalue weighted by molar-refractivity contribution is 7.89. The average Bonchev–Trinajstić information content (AvgIpc) is 2.48. The van der Waals surface area contributed by atoms with Crippen molar-refractivity contribution in [1.82, 2.24) is 10.0 Å². The first-order chi connectivity index (χ1) is 10.5. The molecule has 1 unspecified atom stereocenters. The molecule has 0 bridgehead atoms. The van der Waals surface area contributed by atoms with E-state index in [1.54, 1.807) is 0 Å². The minimum atomic E-state index is -3.87. The highest BCUT2D eigenvalue weighted by Crippen LogP contribution is 2.25. The number of rotatable bonds is 7. The number of para-hydroxylation sites is 1. The van der Waals surface area contributed by atoms with Gasteiger partial charge < -0.3 is 10.1 Å². The fourth-order valence-electron chi connectivity index (χ4n) is 2.51. The number of alkyl halides is 2. The second-order valence-corrected chi connectivity index (χ2v) is 6.96. The van der Waals surface area contributed by atoms with Gasteiger partial charge in [0, 0.05) is 6.54 Å². The summed E-state index contributed by atoms with van der Waals surface area (Å²) in [5.74, 6) is 0.0911. The lowest BCUT2D eigenvalue weighted by Gasteiger charge is -2.22. The van der Waals surface area contributed by atoms with Crippen molar-refractivity contribution in [2.24, 2.45) is 5.92 Å². The lowest BCUT2D eigenvalue weighted by Crippen LogP contribution is -2.33. The van der Waals surface area contributed by atoms with E-state index in [4.69, 9.17) is 0 Å². The summed E-state index contributed by atoms with van der Waals surface area (Å²) < 4.78 is 55.8. The van der Waals surface area contributed by atoms with E-state index in [1.807, 2.05) is 0 Å². The first-order valence-electron chi connectivity index (χ1n) is 7.23. The zero-order valence-corrected chi connectivity index (χ0v) is 14.1. The molecule has 2 N–H and O–H groups in total. The lowest BCUT2D eigenvalue weighted by molar-refractivity contribution is -0.0517. The third kappa shape index (κ3) is 6.21. The predicted molar refractivity (Wildman–Crippen MR) is 85.7 cm³/mol. The molecule has 23 heavy (non-hydrogen) atoms. The monoisotopic (exact) mass is 370 g/mol. The van der Waals surface area contributed by atoms with Gasteiger partial charge in [0.1, 0.15) is 10.6 Å². The third-order valence-electron chi connectivity index (χ3n) is 3.60. The van der Waals surface area contributed by atoms with Gasteiger partial charge in [-0.1, -0.05) is 12.1 Å². The molecule has 1 saturated heterocycles. The first-order valence-corrected chi connectivity index (χ1v) is 8.71. The number of hydrogen-bond donors (Lipinski definition) is 2. The van der Waals surface area contributed by atoms with Crippen molar-refractivity contribution in [2.75, 3.05) is 19.6 Å². The van der Waals surface area contributed by atoms with E-state index < -0.39 is 16.6 Å². The highest BCUT2D eigenvalue weighted by Gasteiger charge is 2.21. The summed E-state index contributed by atoms with van der Waals surface area (Å²) >= 11 is 0. The van der Waals surface area contributed by atoms with Crippen LogP contribution in [0.2, 0.25) is 0 Å². The molecular formula is C14H21ClF2N2O3S. The van der Waals surface area contributed by atoms with E-state index in [-0.39, 0.29) is 29.6 Å². The second-order valence-electron chi connectivity index (χ2n) is 5.22.